The van der Waals surface area contributed by atoms with Gasteiger partial charge in [-0.3, -0.25) is 4.79 Å². The smallest absolute Gasteiger partial charge is 0.317 e. The van der Waals surface area contributed by atoms with Crippen LogP contribution in [0, 0.1) is 0 Å². The number of amides is 1. The van der Waals surface area contributed by atoms with E-state index in [2.05, 4.69) is 15.9 Å². The van der Waals surface area contributed by atoms with Gasteiger partial charge in [-0.2, -0.15) is 13.2 Å². The monoisotopic (exact) mass is 323 g/mol. The van der Waals surface area contributed by atoms with E-state index in [-0.39, 0.29) is 11.1 Å². The third-order valence-electron chi connectivity index (χ3n) is 2.34. The summed E-state index contributed by atoms with van der Waals surface area (Å²) >= 11 is 3.15. The van der Waals surface area contributed by atoms with Crippen LogP contribution in [-0.2, 0) is 10.2 Å². The van der Waals surface area contributed by atoms with Gasteiger partial charge < -0.3 is 5.32 Å². The molecule has 0 aliphatic carbocycles. The molecule has 0 spiro atoms. The highest BCUT2D eigenvalue weighted by Gasteiger charge is 2.38. The number of anilines is 1. The molecule has 0 saturated heterocycles. The molecule has 0 atom stereocenters. The van der Waals surface area contributed by atoms with E-state index in [1.165, 1.54) is 6.07 Å². The third kappa shape index (κ3) is 3.73. The Balaban J connectivity index is 2.98. The van der Waals surface area contributed by atoms with Crippen molar-refractivity contribution in [3.05, 3.63) is 28.2 Å². The molecule has 1 amide bonds. The molecule has 0 aromatic heterocycles. The summed E-state index contributed by atoms with van der Waals surface area (Å²) in [5.74, 6) is -1.98. The number of benzene rings is 1. The summed E-state index contributed by atoms with van der Waals surface area (Å²) < 4.78 is 36.7. The van der Waals surface area contributed by atoms with Gasteiger partial charge in [0.2, 0.25) is 0 Å². The quantitative estimate of drug-likeness (QED) is 0.822. The van der Waals surface area contributed by atoms with Crippen LogP contribution in [0.1, 0.15) is 26.3 Å². The summed E-state index contributed by atoms with van der Waals surface area (Å²) in [6.45, 7) is 5.97. The Kier molecular flexibility index (Phi) is 4.10. The predicted molar refractivity (Wildman–Crippen MR) is 67.5 cm³/mol. The number of carbonyl (C=O) groups is 1. The molecule has 0 bridgehead atoms. The molecule has 0 radical (unpaired) electrons. The zero-order valence-corrected chi connectivity index (χ0v) is 11.7. The van der Waals surface area contributed by atoms with E-state index in [1.807, 2.05) is 26.1 Å². The second kappa shape index (κ2) is 4.91. The molecule has 0 aliphatic heterocycles. The molecule has 0 heterocycles. The molecule has 1 N–H and O–H groups in total. The van der Waals surface area contributed by atoms with Crippen molar-refractivity contribution < 1.29 is 18.0 Å². The number of halogens is 4. The Morgan fingerprint density at radius 1 is 1.22 bits per heavy atom. The standard InChI is InChI=1S/C12H13BrF3NO/c1-11(2,3)7-4-5-9(8(13)6-7)17-10(18)12(14,15)16/h4-6H,1-3H3,(H,17,18). The van der Waals surface area contributed by atoms with Crippen LogP contribution in [0.2, 0.25) is 0 Å². The summed E-state index contributed by atoms with van der Waals surface area (Å²) in [6.07, 6.45) is -4.89. The number of carbonyl (C=O) groups excluding carboxylic acids is 1. The molecule has 0 fully saturated rings. The van der Waals surface area contributed by atoms with Crippen molar-refractivity contribution in [1.29, 1.82) is 0 Å². The molecule has 1 rings (SSSR count). The minimum Gasteiger partial charge on any atom is -0.317 e. The van der Waals surface area contributed by atoms with E-state index in [9.17, 15) is 18.0 Å². The lowest BCUT2D eigenvalue weighted by atomic mass is 9.87. The topological polar surface area (TPSA) is 29.1 Å². The summed E-state index contributed by atoms with van der Waals surface area (Å²) in [4.78, 5) is 10.8. The number of alkyl halides is 3. The zero-order valence-electron chi connectivity index (χ0n) is 10.2. The molecule has 0 saturated carbocycles. The van der Waals surface area contributed by atoms with Gasteiger partial charge in [0, 0.05) is 4.47 Å². The summed E-state index contributed by atoms with van der Waals surface area (Å²) in [5.41, 5.74) is 0.944. The Bertz CT molecular complexity index is 463. The fourth-order valence-corrected chi connectivity index (χ4v) is 1.75. The molecule has 1 aromatic carbocycles. The van der Waals surface area contributed by atoms with Gasteiger partial charge in [0.1, 0.15) is 0 Å². The van der Waals surface area contributed by atoms with Gasteiger partial charge in [0.05, 0.1) is 5.69 Å². The molecular weight excluding hydrogens is 311 g/mol. The molecule has 100 valence electrons. The highest BCUT2D eigenvalue weighted by molar-refractivity contribution is 9.10. The highest BCUT2D eigenvalue weighted by Crippen LogP contribution is 2.31. The Hall–Kier alpha value is -1.04. The van der Waals surface area contributed by atoms with Crippen molar-refractivity contribution >= 4 is 27.5 Å². The summed E-state index contributed by atoms with van der Waals surface area (Å²) in [6, 6.07) is 4.84. The van der Waals surface area contributed by atoms with Crippen molar-refractivity contribution in [3.8, 4) is 0 Å². The van der Waals surface area contributed by atoms with Gasteiger partial charge in [-0.25, -0.2) is 0 Å². The molecular formula is C12H13BrF3NO. The average molecular weight is 324 g/mol. The minimum atomic E-state index is -4.89. The molecule has 6 heteroatoms. The summed E-state index contributed by atoms with van der Waals surface area (Å²) in [5, 5.41) is 1.82. The van der Waals surface area contributed by atoms with Gasteiger partial charge >= 0.3 is 12.1 Å². The van der Waals surface area contributed by atoms with Crippen LogP contribution < -0.4 is 5.32 Å². The fourth-order valence-electron chi connectivity index (χ4n) is 1.28. The van der Waals surface area contributed by atoms with Crippen molar-refractivity contribution in [2.45, 2.75) is 32.4 Å². The van der Waals surface area contributed by atoms with Crippen LogP contribution in [0.25, 0.3) is 0 Å². The van der Waals surface area contributed by atoms with E-state index in [0.717, 1.165) is 5.56 Å². The largest absolute Gasteiger partial charge is 0.471 e. The van der Waals surface area contributed by atoms with E-state index in [4.69, 9.17) is 0 Å². The maximum Gasteiger partial charge on any atom is 0.471 e. The van der Waals surface area contributed by atoms with Crippen LogP contribution in [0.4, 0.5) is 18.9 Å². The lowest BCUT2D eigenvalue weighted by molar-refractivity contribution is -0.167. The maximum atomic E-state index is 12.1. The Morgan fingerprint density at radius 3 is 2.17 bits per heavy atom. The molecule has 0 aliphatic rings. The Morgan fingerprint density at radius 2 is 1.78 bits per heavy atom. The maximum absolute atomic E-state index is 12.1. The third-order valence-corrected chi connectivity index (χ3v) is 3.00. The van der Waals surface area contributed by atoms with Crippen molar-refractivity contribution in [3.63, 3.8) is 0 Å². The average Bonchev–Trinajstić information content (AvgIpc) is 2.17. The van der Waals surface area contributed by atoms with Gasteiger partial charge in [0.25, 0.3) is 0 Å². The minimum absolute atomic E-state index is 0.102. The first kappa shape index (κ1) is 15.0. The molecule has 2 nitrogen and oxygen atoms in total. The van der Waals surface area contributed by atoms with Gasteiger partial charge in [0.15, 0.2) is 0 Å². The number of rotatable bonds is 1. The van der Waals surface area contributed by atoms with E-state index in [1.54, 1.807) is 12.1 Å². The van der Waals surface area contributed by atoms with Crippen LogP contribution in [0.5, 0.6) is 0 Å². The normalized spacial score (nSPS) is 12.4. The van der Waals surface area contributed by atoms with Gasteiger partial charge in [-0.05, 0) is 39.0 Å². The zero-order chi connectivity index (χ0) is 14.1. The van der Waals surface area contributed by atoms with E-state index >= 15 is 0 Å². The van der Waals surface area contributed by atoms with Crippen LogP contribution in [0.3, 0.4) is 0 Å². The predicted octanol–water partition coefficient (Wildman–Crippen LogP) is 4.25. The highest BCUT2D eigenvalue weighted by atomic mass is 79.9. The second-order valence-corrected chi connectivity index (χ2v) is 5.75. The van der Waals surface area contributed by atoms with Gasteiger partial charge in [-0.1, -0.05) is 26.8 Å². The first-order valence-corrected chi connectivity index (χ1v) is 5.99. The summed E-state index contributed by atoms with van der Waals surface area (Å²) in [7, 11) is 0. The molecule has 0 unspecified atom stereocenters. The first-order valence-electron chi connectivity index (χ1n) is 5.20. The van der Waals surface area contributed by atoms with Gasteiger partial charge in [-0.15, -0.1) is 0 Å². The van der Waals surface area contributed by atoms with Crippen molar-refractivity contribution in [2.24, 2.45) is 0 Å². The SMILES string of the molecule is CC(C)(C)c1ccc(NC(=O)C(F)(F)F)c(Br)c1. The first-order chi connectivity index (χ1) is 8.01. The van der Waals surface area contributed by atoms with E-state index in [0.29, 0.717) is 4.47 Å². The van der Waals surface area contributed by atoms with Crippen molar-refractivity contribution in [1.82, 2.24) is 0 Å². The van der Waals surface area contributed by atoms with Crippen molar-refractivity contribution in [2.75, 3.05) is 5.32 Å². The van der Waals surface area contributed by atoms with Crippen LogP contribution >= 0.6 is 15.9 Å². The number of nitrogens with one attached hydrogen (secondary N) is 1. The molecule has 1 aromatic rings. The van der Waals surface area contributed by atoms with Crippen LogP contribution in [-0.4, -0.2) is 12.1 Å². The van der Waals surface area contributed by atoms with Crippen LogP contribution in [0.15, 0.2) is 22.7 Å². The fraction of sp³-hybridized carbons (Fsp3) is 0.417. The lowest BCUT2D eigenvalue weighted by Gasteiger charge is -2.20. The number of hydrogen-bond acceptors (Lipinski definition) is 1. The molecule has 18 heavy (non-hydrogen) atoms. The number of hydrogen-bond donors (Lipinski definition) is 1. The van der Waals surface area contributed by atoms with E-state index < -0.39 is 12.1 Å². The Labute approximate surface area is 112 Å². The second-order valence-electron chi connectivity index (χ2n) is 4.90. The lowest BCUT2D eigenvalue weighted by Crippen LogP contribution is -2.30.